The number of rotatable bonds is 3. The van der Waals surface area contributed by atoms with Gasteiger partial charge < -0.3 is 14.4 Å². The topological polar surface area (TPSA) is 67.5 Å². The number of ether oxygens (including phenoxy) is 2. The maximum Gasteiger partial charge on any atom is 0.291 e. The van der Waals surface area contributed by atoms with Crippen molar-refractivity contribution in [2.75, 3.05) is 31.2 Å². The monoisotopic (exact) mass is 297 g/mol. The maximum absolute atomic E-state index is 14.1. The van der Waals surface area contributed by atoms with Gasteiger partial charge in [-0.2, -0.15) is 4.39 Å². The first kappa shape index (κ1) is 14.3. The molecule has 0 spiro atoms. The number of nitrogens with one attached hydrogen (secondary N) is 1. The molecular weight excluding hydrogens is 277 g/mol. The standard InChI is InChI=1S/C14H20FN3O3/c15-13-12(21-10-4-2-1-3-5-10)11(14(19)17-16-13)18-6-8-20-9-7-18/h10H,1-9H2,(H,17,19). The van der Waals surface area contributed by atoms with Crippen molar-refractivity contribution in [1.82, 2.24) is 10.2 Å². The summed E-state index contributed by atoms with van der Waals surface area (Å²) in [5.74, 6) is -0.755. The van der Waals surface area contributed by atoms with Crippen molar-refractivity contribution in [2.45, 2.75) is 38.2 Å². The van der Waals surface area contributed by atoms with Gasteiger partial charge in [-0.3, -0.25) is 4.79 Å². The number of halogens is 1. The van der Waals surface area contributed by atoms with E-state index >= 15 is 0 Å². The van der Waals surface area contributed by atoms with Gasteiger partial charge in [0.2, 0.25) is 5.75 Å². The van der Waals surface area contributed by atoms with Gasteiger partial charge in [0, 0.05) is 13.1 Å². The third kappa shape index (κ3) is 3.18. The van der Waals surface area contributed by atoms with Crippen LogP contribution in [0, 0.1) is 5.95 Å². The Morgan fingerprint density at radius 3 is 2.67 bits per heavy atom. The number of anilines is 1. The van der Waals surface area contributed by atoms with E-state index in [1.54, 1.807) is 0 Å². The van der Waals surface area contributed by atoms with Crippen molar-refractivity contribution >= 4 is 5.69 Å². The minimum atomic E-state index is -0.748. The van der Waals surface area contributed by atoms with Gasteiger partial charge in [0.15, 0.2) is 5.69 Å². The van der Waals surface area contributed by atoms with E-state index in [-0.39, 0.29) is 17.5 Å². The number of aromatic nitrogens is 2. The Kier molecular flexibility index (Phi) is 4.38. The molecule has 1 saturated carbocycles. The molecule has 2 aliphatic rings. The molecule has 1 aromatic heterocycles. The van der Waals surface area contributed by atoms with Crippen LogP contribution >= 0.6 is 0 Å². The van der Waals surface area contributed by atoms with Crippen LogP contribution in [0.4, 0.5) is 10.1 Å². The average molecular weight is 297 g/mol. The molecule has 6 nitrogen and oxygen atoms in total. The molecule has 1 aliphatic carbocycles. The van der Waals surface area contributed by atoms with E-state index in [0.29, 0.717) is 26.3 Å². The van der Waals surface area contributed by atoms with Crippen molar-refractivity contribution in [2.24, 2.45) is 0 Å². The lowest BCUT2D eigenvalue weighted by atomic mass is 9.98. The van der Waals surface area contributed by atoms with Gasteiger partial charge in [-0.15, -0.1) is 5.10 Å². The fourth-order valence-corrected chi connectivity index (χ4v) is 2.93. The summed E-state index contributed by atoms with van der Waals surface area (Å²) in [6.45, 7) is 2.14. The SMILES string of the molecule is O=c1[nH]nc(F)c(OC2CCCCC2)c1N1CCOCC1. The minimum Gasteiger partial charge on any atom is -0.483 e. The van der Waals surface area contributed by atoms with Crippen LogP contribution in [-0.2, 0) is 4.74 Å². The van der Waals surface area contributed by atoms with E-state index in [4.69, 9.17) is 9.47 Å². The summed E-state index contributed by atoms with van der Waals surface area (Å²) in [5.41, 5.74) is -0.166. The summed E-state index contributed by atoms with van der Waals surface area (Å²) in [6, 6.07) is 0. The summed E-state index contributed by atoms with van der Waals surface area (Å²) in [6.07, 6.45) is 5.11. The molecule has 0 amide bonds. The summed E-state index contributed by atoms with van der Waals surface area (Å²) >= 11 is 0. The number of aromatic amines is 1. The van der Waals surface area contributed by atoms with E-state index in [2.05, 4.69) is 10.2 Å². The number of hydrogen-bond acceptors (Lipinski definition) is 5. The molecule has 0 atom stereocenters. The summed E-state index contributed by atoms with van der Waals surface area (Å²) in [7, 11) is 0. The zero-order chi connectivity index (χ0) is 14.7. The first-order valence-electron chi connectivity index (χ1n) is 7.53. The number of hydrogen-bond donors (Lipinski definition) is 1. The fraction of sp³-hybridized carbons (Fsp3) is 0.714. The van der Waals surface area contributed by atoms with E-state index < -0.39 is 11.5 Å². The lowest BCUT2D eigenvalue weighted by molar-refractivity contribution is 0.120. The molecule has 1 aliphatic heterocycles. The maximum atomic E-state index is 14.1. The molecule has 1 aromatic rings. The lowest BCUT2D eigenvalue weighted by Crippen LogP contribution is -2.40. The van der Waals surface area contributed by atoms with Crippen LogP contribution in [0.25, 0.3) is 0 Å². The van der Waals surface area contributed by atoms with Gasteiger partial charge in [-0.25, -0.2) is 5.10 Å². The Morgan fingerprint density at radius 1 is 1.24 bits per heavy atom. The molecule has 116 valence electrons. The minimum absolute atomic E-state index is 0.00690. The Morgan fingerprint density at radius 2 is 1.95 bits per heavy atom. The van der Waals surface area contributed by atoms with E-state index in [9.17, 15) is 9.18 Å². The summed E-state index contributed by atoms with van der Waals surface area (Å²) in [5, 5.41) is 5.61. The first-order valence-corrected chi connectivity index (χ1v) is 7.53. The number of H-pyrrole nitrogens is 1. The Hall–Kier alpha value is -1.63. The zero-order valence-corrected chi connectivity index (χ0v) is 11.9. The van der Waals surface area contributed by atoms with Crippen molar-refractivity contribution in [3.05, 3.63) is 16.3 Å². The van der Waals surface area contributed by atoms with Gasteiger partial charge in [0.05, 0.1) is 19.3 Å². The summed E-state index contributed by atoms with van der Waals surface area (Å²) in [4.78, 5) is 13.9. The average Bonchev–Trinajstić information content (AvgIpc) is 2.53. The van der Waals surface area contributed by atoms with Crippen molar-refractivity contribution in [3.8, 4) is 5.75 Å². The highest BCUT2D eigenvalue weighted by atomic mass is 19.1. The molecule has 1 N–H and O–H groups in total. The molecule has 0 bridgehead atoms. The second-order valence-corrected chi connectivity index (χ2v) is 5.50. The van der Waals surface area contributed by atoms with Crippen LogP contribution < -0.4 is 15.2 Å². The summed E-state index contributed by atoms with van der Waals surface area (Å²) < 4.78 is 25.2. The largest absolute Gasteiger partial charge is 0.483 e. The molecule has 0 radical (unpaired) electrons. The number of morpholine rings is 1. The highest BCUT2D eigenvalue weighted by molar-refractivity contribution is 5.56. The van der Waals surface area contributed by atoms with Crippen molar-refractivity contribution < 1.29 is 13.9 Å². The molecule has 2 heterocycles. The molecular formula is C14H20FN3O3. The van der Waals surface area contributed by atoms with Gasteiger partial charge >= 0.3 is 0 Å². The van der Waals surface area contributed by atoms with Crippen molar-refractivity contribution in [1.29, 1.82) is 0 Å². The smallest absolute Gasteiger partial charge is 0.291 e. The Labute approximate surface area is 122 Å². The zero-order valence-electron chi connectivity index (χ0n) is 11.9. The second kappa shape index (κ2) is 6.43. The lowest BCUT2D eigenvalue weighted by Gasteiger charge is -2.30. The third-order valence-electron chi connectivity index (χ3n) is 4.04. The van der Waals surface area contributed by atoms with Gasteiger partial charge in [0.1, 0.15) is 0 Å². The van der Waals surface area contributed by atoms with Gasteiger partial charge in [-0.1, -0.05) is 6.42 Å². The van der Waals surface area contributed by atoms with Crippen LogP contribution in [0.1, 0.15) is 32.1 Å². The Bertz CT molecular complexity index is 537. The first-order chi connectivity index (χ1) is 10.3. The highest BCUT2D eigenvalue weighted by Crippen LogP contribution is 2.30. The van der Waals surface area contributed by atoms with E-state index in [1.165, 1.54) is 6.42 Å². The Balaban J connectivity index is 1.89. The van der Waals surface area contributed by atoms with E-state index in [1.807, 2.05) is 4.90 Å². The molecule has 7 heteroatoms. The second-order valence-electron chi connectivity index (χ2n) is 5.50. The molecule has 0 unspecified atom stereocenters. The number of nitrogens with zero attached hydrogens (tertiary/aromatic N) is 2. The van der Waals surface area contributed by atoms with Crippen LogP contribution in [0.5, 0.6) is 5.75 Å². The van der Waals surface area contributed by atoms with Crippen molar-refractivity contribution in [3.63, 3.8) is 0 Å². The van der Waals surface area contributed by atoms with Crippen LogP contribution in [0.15, 0.2) is 4.79 Å². The molecule has 0 aromatic carbocycles. The highest BCUT2D eigenvalue weighted by Gasteiger charge is 2.26. The molecule has 21 heavy (non-hydrogen) atoms. The third-order valence-corrected chi connectivity index (χ3v) is 4.04. The van der Waals surface area contributed by atoms with E-state index in [0.717, 1.165) is 25.7 Å². The van der Waals surface area contributed by atoms with Gasteiger partial charge in [0.25, 0.3) is 11.5 Å². The predicted octanol–water partition coefficient (Wildman–Crippen LogP) is 1.46. The van der Waals surface area contributed by atoms with Crippen LogP contribution in [0.3, 0.4) is 0 Å². The molecule has 2 fully saturated rings. The van der Waals surface area contributed by atoms with Crippen LogP contribution in [-0.4, -0.2) is 42.6 Å². The predicted molar refractivity (Wildman–Crippen MR) is 75.3 cm³/mol. The molecule has 1 saturated heterocycles. The van der Waals surface area contributed by atoms with Crippen LogP contribution in [0.2, 0.25) is 0 Å². The molecule has 3 rings (SSSR count). The normalized spacial score (nSPS) is 20.5. The fourth-order valence-electron chi connectivity index (χ4n) is 2.93. The quantitative estimate of drug-likeness (QED) is 0.915. The van der Waals surface area contributed by atoms with Gasteiger partial charge in [-0.05, 0) is 25.7 Å².